The summed E-state index contributed by atoms with van der Waals surface area (Å²) in [5, 5.41) is 11.7. The summed E-state index contributed by atoms with van der Waals surface area (Å²) in [6.45, 7) is 14.9. The van der Waals surface area contributed by atoms with Crippen molar-refractivity contribution in [3.8, 4) is 11.4 Å². The minimum Gasteiger partial charge on any atom is -0.380 e. The Balaban J connectivity index is 0.000000252. The molecule has 0 bridgehead atoms. The highest BCUT2D eigenvalue weighted by Crippen LogP contribution is 2.35. The van der Waals surface area contributed by atoms with Crippen LogP contribution in [0, 0.1) is 24.1 Å². The van der Waals surface area contributed by atoms with E-state index in [1.165, 1.54) is 24.5 Å². The summed E-state index contributed by atoms with van der Waals surface area (Å²) in [5.41, 5.74) is 10.7. The Morgan fingerprint density at radius 2 is 1.85 bits per heavy atom. The van der Waals surface area contributed by atoms with E-state index in [2.05, 4.69) is 78.0 Å². The van der Waals surface area contributed by atoms with Crippen LogP contribution in [0.5, 0.6) is 0 Å². The summed E-state index contributed by atoms with van der Waals surface area (Å²) < 4.78 is 15.5. The summed E-state index contributed by atoms with van der Waals surface area (Å²) in [5.74, 6) is 1.50. The number of rotatable bonds is 7. The van der Waals surface area contributed by atoms with Crippen molar-refractivity contribution in [2.24, 2.45) is 18.4 Å². The molecule has 4 N–H and O–H groups in total. The molecule has 0 spiro atoms. The highest BCUT2D eigenvalue weighted by molar-refractivity contribution is 7.80. The van der Waals surface area contributed by atoms with Crippen molar-refractivity contribution >= 4 is 23.0 Å². The van der Waals surface area contributed by atoms with Crippen LogP contribution in [0.25, 0.3) is 17.1 Å². The van der Waals surface area contributed by atoms with Crippen molar-refractivity contribution in [3.63, 3.8) is 0 Å². The van der Waals surface area contributed by atoms with Gasteiger partial charge in [-0.15, -0.1) is 0 Å². The van der Waals surface area contributed by atoms with Crippen molar-refractivity contribution in [1.29, 1.82) is 0 Å². The van der Waals surface area contributed by atoms with E-state index in [0.29, 0.717) is 45.3 Å². The normalized spacial score (nSPS) is 16.8. The van der Waals surface area contributed by atoms with Gasteiger partial charge in [-0.3, -0.25) is 5.43 Å². The first-order valence-corrected chi connectivity index (χ1v) is 14.6. The van der Waals surface area contributed by atoms with Gasteiger partial charge in [0, 0.05) is 31.4 Å². The largest absolute Gasteiger partial charge is 0.380 e. The molecule has 0 amide bonds. The highest BCUT2D eigenvalue weighted by Gasteiger charge is 2.27. The molecule has 7 nitrogen and oxygen atoms in total. The van der Waals surface area contributed by atoms with Crippen molar-refractivity contribution in [1.82, 2.24) is 36.2 Å². The van der Waals surface area contributed by atoms with E-state index in [0.717, 1.165) is 37.1 Å². The standard InChI is InChI=1S/C20H27FN4.C11H19N3S/c1-13-6-7-15(12-17(13)21)18-23-19(25(5)24-18)14(2)22-16-8-10-20(3,4)11-9-16;1-8(2)9-6-4-5-7-10(9)13-11(15)14-12-3/h6-7,12,16,22H,2,8-11H2,1,3-5H3;6-8,12H,4-5H2,1-3H3,(H2,13,14,15). The number of hydrazine groups is 1. The van der Waals surface area contributed by atoms with Crippen molar-refractivity contribution in [2.75, 3.05) is 7.05 Å². The molecular weight excluding hydrogens is 521 g/mol. The number of hydrogen-bond donors (Lipinski definition) is 4. The molecule has 0 radical (unpaired) electrons. The lowest BCUT2D eigenvalue weighted by Gasteiger charge is -2.35. The average Bonchev–Trinajstić information content (AvgIpc) is 3.29. The van der Waals surface area contributed by atoms with Crippen LogP contribution in [0.15, 0.2) is 48.2 Å². The summed E-state index contributed by atoms with van der Waals surface area (Å²) in [4.78, 5) is 4.57. The predicted octanol–water partition coefficient (Wildman–Crippen LogP) is 6.30. The zero-order chi connectivity index (χ0) is 29.4. The molecule has 1 saturated carbocycles. The third-order valence-electron chi connectivity index (χ3n) is 7.48. The first-order chi connectivity index (χ1) is 18.9. The second-order valence-corrected chi connectivity index (χ2v) is 12.2. The number of nitrogens with zero attached hydrogens (tertiary/aromatic N) is 3. The third-order valence-corrected chi connectivity index (χ3v) is 7.68. The second-order valence-electron chi connectivity index (χ2n) is 11.7. The van der Waals surface area contributed by atoms with Gasteiger partial charge in [-0.05, 0) is 86.2 Å². The van der Waals surface area contributed by atoms with E-state index in [9.17, 15) is 4.39 Å². The molecule has 0 aliphatic heterocycles. The van der Waals surface area contributed by atoms with Crippen LogP contribution in [0.2, 0.25) is 0 Å². The first kappa shape index (κ1) is 31.5. The molecule has 218 valence electrons. The zero-order valence-corrected chi connectivity index (χ0v) is 25.9. The van der Waals surface area contributed by atoms with Crippen LogP contribution in [0.1, 0.15) is 77.6 Å². The van der Waals surface area contributed by atoms with Gasteiger partial charge >= 0.3 is 0 Å². The Bertz CT molecular complexity index is 1250. The number of aromatic nitrogens is 3. The average molecular weight is 568 g/mol. The molecule has 9 heteroatoms. The lowest BCUT2D eigenvalue weighted by Crippen LogP contribution is -2.42. The second kappa shape index (κ2) is 14.0. The maximum absolute atomic E-state index is 13.8. The number of hydrogen-bond acceptors (Lipinski definition) is 5. The fourth-order valence-corrected chi connectivity index (χ4v) is 5.20. The van der Waals surface area contributed by atoms with Gasteiger partial charge in [0.25, 0.3) is 0 Å². The van der Waals surface area contributed by atoms with E-state index < -0.39 is 0 Å². The van der Waals surface area contributed by atoms with Crippen LogP contribution in [-0.4, -0.2) is 33.0 Å². The quantitative estimate of drug-likeness (QED) is 0.231. The maximum Gasteiger partial charge on any atom is 0.185 e. The molecular formula is C31H46FN7S. The highest BCUT2D eigenvalue weighted by atomic mass is 32.1. The number of benzene rings is 1. The molecule has 2 aliphatic carbocycles. The minimum atomic E-state index is -0.242. The van der Waals surface area contributed by atoms with Crippen LogP contribution in [0.4, 0.5) is 4.39 Å². The Kier molecular flexibility index (Phi) is 11.0. The number of allylic oxidation sites excluding steroid dienone is 3. The number of aryl methyl sites for hydroxylation is 2. The molecule has 1 aromatic heterocycles. The van der Waals surface area contributed by atoms with Gasteiger partial charge in [0.1, 0.15) is 5.82 Å². The Morgan fingerprint density at radius 3 is 2.48 bits per heavy atom. The minimum absolute atomic E-state index is 0.242. The summed E-state index contributed by atoms with van der Waals surface area (Å²) in [7, 11) is 3.63. The van der Waals surface area contributed by atoms with Gasteiger partial charge in [-0.25, -0.2) is 19.5 Å². The fraction of sp³-hybridized carbons (Fsp3) is 0.516. The van der Waals surface area contributed by atoms with E-state index in [1.807, 2.05) is 13.1 Å². The van der Waals surface area contributed by atoms with Crippen LogP contribution in [0.3, 0.4) is 0 Å². The third kappa shape index (κ3) is 8.73. The molecule has 1 heterocycles. The van der Waals surface area contributed by atoms with Crippen LogP contribution >= 0.6 is 12.2 Å². The van der Waals surface area contributed by atoms with Crippen molar-refractivity contribution in [2.45, 2.75) is 79.2 Å². The molecule has 4 rings (SSSR count). The van der Waals surface area contributed by atoms with Crippen molar-refractivity contribution < 1.29 is 4.39 Å². The van der Waals surface area contributed by atoms with Gasteiger partial charge in [0.15, 0.2) is 16.8 Å². The van der Waals surface area contributed by atoms with Crippen LogP contribution < -0.4 is 21.5 Å². The van der Waals surface area contributed by atoms with Crippen LogP contribution in [-0.2, 0) is 7.05 Å². The van der Waals surface area contributed by atoms with E-state index in [4.69, 9.17) is 12.2 Å². The lowest BCUT2D eigenvalue weighted by atomic mass is 9.75. The Labute approximate surface area is 244 Å². The molecule has 2 aromatic rings. The summed E-state index contributed by atoms with van der Waals surface area (Å²) in [6.07, 6.45) is 11.4. The Hall–Kier alpha value is -3.04. The van der Waals surface area contributed by atoms with Gasteiger partial charge < -0.3 is 10.6 Å². The van der Waals surface area contributed by atoms with E-state index in [-0.39, 0.29) is 5.82 Å². The topological polar surface area (TPSA) is 78.8 Å². The van der Waals surface area contributed by atoms with E-state index >= 15 is 0 Å². The fourth-order valence-electron chi connectivity index (χ4n) is 4.99. The van der Waals surface area contributed by atoms with Gasteiger partial charge in [-0.2, -0.15) is 5.10 Å². The van der Waals surface area contributed by atoms with E-state index in [1.54, 1.807) is 24.7 Å². The summed E-state index contributed by atoms with van der Waals surface area (Å²) >= 11 is 5.12. The monoisotopic (exact) mass is 567 g/mol. The first-order valence-electron chi connectivity index (χ1n) is 14.2. The van der Waals surface area contributed by atoms with Gasteiger partial charge in [0.05, 0.1) is 5.70 Å². The Morgan fingerprint density at radius 1 is 1.18 bits per heavy atom. The molecule has 0 atom stereocenters. The smallest absolute Gasteiger partial charge is 0.185 e. The summed E-state index contributed by atoms with van der Waals surface area (Å²) in [6, 6.07) is 5.50. The number of halogens is 1. The molecule has 40 heavy (non-hydrogen) atoms. The molecule has 2 aliphatic rings. The number of thiocarbonyl (C=S) groups is 1. The lowest BCUT2D eigenvalue weighted by molar-refractivity contribution is 0.215. The van der Waals surface area contributed by atoms with Crippen molar-refractivity contribution in [3.05, 3.63) is 65.4 Å². The molecule has 0 unspecified atom stereocenters. The predicted molar refractivity (Wildman–Crippen MR) is 168 cm³/mol. The molecule has 1 fully saturated rings. The number of nitrogens with one attached hydrogen (secondary N) is 4. The van der Waals surface area contributed by atoms with Gasteiger partial charge in [-0.1, -0.05) is 58.6 Å². The van der Waals surface area contributed by atoms with Gasteiger partial charge in [0.2, 0.25) is 0 Å². The maximum atomic E-state index is 13.8. The molecule has 1 aromatic carbocycles. The zero-order valence-electron chi connectivity index (χ0n) is 25.1. The molecule has 0 saturated heterocycles. The SMILES string of the molecule is C=C(NC1CCC(C)(C)CC1)c1nc(-c2ccc(C)c(F)c2)nn1C.CNNC(=S)NC1=CCCC=C1C(C)C.